The SMILES string of the molecule is CCCCC[C@@H](C(=O)NCNC(=O)c1ccc(-c2ccc(C(=O)N[C@@H](CC(=O)O)C(=O)O)c(OCC(=O)O)c2)o1)[C@@H](CC)N(C=O)OC(=O)NC(C)(C)c1ccccc1. The predicted molar refractivity (Wildman–Crippen MR) is 208 cm³/mol. The Bertz CT molecular complexity index is 1960. The van der Waals surface area contributed by atoms with E-state index in [1.165, 1.54) is 30.3 Å². The van der Waals surface area contributed by atoms with E-state index in [1.54, 1.807) is 20.8 Å². The van der Waals surface area contributed by atoms with Crippen molar-refractivity contribution in [2.45, 2.75) is 83.8 Å². The quantitative estimate of drug-likeness (QED) is 0.0292. The average Bonchev–Trinajstić information content (AvgIpc) is 3.69. The fourth-order valence-electron chi connectivity index (χ4n) is 6.00. The normalized spacial score (nSPS) is 12.5. The molecule has 0 aliphatic carbocycles. The lowest BCUT2D eigenvalue weighted by Crippen LogP contribution is -2.51. The zero-order valence-corrected chi connectivity index (χ0v) is 33.0. The Morgan fingerprint density at radius 3 is 2.20 bits per heavy atom. The summed E-state index contributed by atoms with van der Waals surface area (Å²) in [5.74, 6) is -8.03. The second kappa shape index (κ2) is 22.1. The van der Waals surface area contributed by atoms with Gasteiger partial charge >= 0.3 is 24.0 Å². The first-order chi connectivity index (χ1) is 28.0. The number of unbranched alkanes of at least 4 members (excludes halogenated alkanes) is 2. The van der Waals surface area contributed by atoms with Gasteiger partial charge in [0.1, 0.15) is 17.6 Å². The van der Waals surface area contributed by atoms with Crippen LogP contribution in [-0.4, -0.2) is 93.9 Å². The topological polar surface area (TPSA) is 280 Å². The molecule has 0 unspecified atom stereocenters. The third-order valence-corrected chi connectivity index (χ3v) is 9.05. The van der Waals surface area contributed by atoms with E-state index in [9.17, 15) is 43.5 Å². The number of carboxylic acids is 3. The van der Waals surface area contributed by atoms with Gasteiger partial charge in [0.15, 0.2) is 12.4 Å². The number of furan rings is 1. The maximum absolute atomic E-state index is 13.6. The van der Waals surface area contributed by atoms with Crippen molar-refractivity contribution in [1.29, 1.82) is 0 Å². The number of benzene rings is 2. The van der Waals surface area contributed by atoms with Gasteiger partial charge < -0.3 is 50.6 Å². The molecule has 3 aromatic rings. The molecule has 19 nitrogen and oxygen atoms in total. The van der Waals surface area contributed by atoms with Crippen LogP contribution in [0.5, 0.6) is 5.75 Å². The molecule has 7 N–H and O–H groups in total. The molecule has 0 bridgehead atoms. The van der Waals surface area contributed by atoms with Crippen LogP contribution >= 0.6 is 0 Å². The largest absolute Gasteiger partial charge is 0.481 e. The Hall–Kier alpha value is -6.92. The monoisotopic (exact) mass is 823 g/mol. The van der Waals surface area contributed by atoms with E-state index >= 15 is 0 Å². The number of ether oxygens (including phenoxy) is 1. The first-order valence-electron chi connectivity index (χ1n) is 18.7. The maximum atomic E-state index is 13.6. The minimum Gasteiger partial charge on any atom is -0.481 e. The molecule has 318 valence electrons. The molecule has 19 heteroatoms. The summed E-state index contributed by atoms with van der Waals surface area (Å²) in [5.41, 5.74) is -0.130. The van der Waals surface area contributed by atoms with Crippen molar-refractivity contribution in [3.8, 4) is 17.1 Å². The predicted octanol–water partition coefficient (Wildman–Crippen LogP) is 3.88. The first kappa shape index (κ1) is 46.5. The Kier molecular flexibility index (Phi) is 17.4. The molecular formula is C40H49N5O14. The summed E-state index contributed by atoms with van der Waals surface area (Å²) in [5, 5.41) is 38.3. The summed E-state index contributed by atoms with van der Waals surface area (Å²) in [7, 11) is 0. The van der Waals surface area contributed by atoms with Crippen LogP contribution in [0.15, 0.2) is 65.1 Å². The molecule has 59 heavy (non-hydrogen) atoms. The summed E-state index contributed by atoms with van der Waals surface area (Å²) in [6.07, 6.45) is 1.42. The van der Waals surface area contributed by atoms with Crippen LogP contribution in [0.25, 0.3) is 11.3 Å². The number of nitrogens with one attached hydrogen (secondary N) is 4. The summed E-state index contributed by atoms with van der Waals surface area (Å²) in [6, 6.07) is 13.0. The molecular weight excluding hydrogens is 774 g/mol. The number of carbonyl (C=O) groups is 8. The lowest BCUT2D eigenvalue weighted by Gasteiger charge is -2.33. The second-order valence-corrected chi connectivity index (χ2v) is 13.8. The van der Waals surface area contributed by atoms with E-state index in [-0.39, 0.29) is 41.5 Å². The smallest absolute Gasteiger partial charge is 0.432 e. The molecule has 0 radical (unpaired) electrons. The number of carbonyl (C=O) groups excluding carboxylic acids is 5. The van der Waals surface area contributed by atoms with Gasteiger partial charge in [-0.1, -0.05) is 69.5 Å². The van der Waals surface area contributed by atoms with Gasteiger partial charge in [0.2, 0.25) is 12.3 Å². The van der Waals surface area contributed by atoms with Crippen LogP contribution in [0.1, 0.15) is 92.7 Å². The standard InChI is InChI=1S/C40H49N5O14/c1-5-7-9-14-26(29(6-2)45(23-46)59-39(56)44-40(3,4)25-12-10-8-11-13-25)35(51)41-22-42-37(53)31-18-17-30(58-31)24-15-16-27(32(19-24)57-21-34(49)50)36(52)43-28(38(54)55)20-33(47)48/h8,10-13,15-19,23,26,28-29H,5-7,9,14,20-22H2,1-4H3,(H,41,51)(H,42,53)(H,43,52)(H,44,56)(H,47,48)(H,49,50)(H,54,55)/t26-,28+,29-/m1/s1. The average molecular weight is 824 g/mol. The summed E-state index contributed by atoms with van der Waals surface area (Å²) in [6.45, 7) is 6.05. The van der Waals surface area contributed by atoms with Gasteiger partial charge in [0.05, 0.1) is 36.2 Å². The third-order valence-electron chi connectivity index (χ3n) is 9.05. The highest BCUT2D eigenvalue weighted by molar-refractivity contribution is 6.00. The van der Waals surface area contributed by atoms with Crippen molar-refractivity contribution in [2.75, 3.05) is 13.3 Å². The van der Waals surface area contributed by atoms with Crippen LogP contribution in [0.4, 0.5) is 4.79 Å². The van der Waals surface area contributed by atoms with Gasteiger partial charge in [-0.15, -0.1) is 0 Å². The van der Waals surface area contributed by atoms with E-state index in [4.69, 9.17) is 24.2 Å². The van der Waals surface area contributed by atoms with Crippen LogP contribution in [-0.2, 0) is 34.3 Å². The van der Waals surface area contributed by atoms with E-state index in [0.29, 0.717) is 19.3 Å². The lowest BCUT2D eigenvalue weighted by molar-refractivity contribution is -0.169. The summed E-state index contributed by atoms with van der Waals surface area (Å²) >= 11 is 0. The molecule has 0 saturated heterocycles. The molecule has 3 rings (SSSR count). The Balaban J connectivity index is 1.71. The zero-order valence-electron chi connectivity index (χ0n) is 33.0. The van der Waals surface area contributed by atoms with Crippen molar-refractivity contribution < 1.29 is 67.7 Å². The van der Waals surface area contributed by atoms with Crippen molar-refractivity contribution >= 4 is 48.1 Å². The number of hydroxylamine groups is 2. The van der Waals surface area contributed by atoms with E-state index < -0.39 is 78.3 Å². The minimum atomic E-state index is -1.79. The summed E-state index contributed by atoms with van der Waals surface area (Å²) < 4.78 is 10.9. The minimum absolute atomic E-state index is 0.0764. The van der Waals surface area contributed by atoms with Gasteiger partial charge in [-0.25, -0.2) is 14.4 Å². The van der Waals surface area contributed by atoms with E-state index in [2.05, 4.69) is 21.3 Å². The van der Waals surface area contributed by atoms with E-state index in [0.717, 1.165) is 23.5 Å². The highest BCUT2D eigenvalue weighted by atomic mass is 16.7. The Morgan fingerprint density at radius 2 is 1.59 bits per heavy atom. The molecule has 0 aliphatic rings. The third kappa shape index (κ3) is 13.9. The van der Waals surface area contributed by atoms with Gasteiger partial charge in [-0.3, -0.25) is 24.0 Å². The Morgan fingerprint density at radius 1 is 0.881 bits per heavy atom. The first-order valence-corrected chi connectivity index (χ1v) is 18.7. The molecule has 3 atom stereocenters. The van der Waals surface area contributed by atoms with Crippen molar-refractivity contribution in [3.63, 3.8) is 0 Å². The molecule has 0 spiro atoms. The van der Waals surface area contributed by atoms with Gasteiger partial charge in [-0.05, 0) is 56.5 Å². The molecule has 1 aromatic heterocycles. The van der Waals surface area contributed by atoms with E-state index in [1.807, 2.05) is 37.3 Å². The number of hydrogen-bond donors (Lipinski definition) is 7. The summed E-state index contributed by atoms with van der Waals surface area (Å²) in [4.78, 5) is 104. The van der Waals surface area contributed by atoms with Gasteiger partial charge in [-0.2, -0.15) is 5.06 Å². The molecule has 1 heterocycles. The fraction of sp³-hybridized carbons (Fsp3) is 0.400. The highest BCUT2D eigenvalue weighted by Crippen LogP contribution is 2.30. The van der Waals surface area contributed by atoms with Gasteiger partial charge in [0.25, 0.3) is 11.8 Å². The van der Waals surface area contributed by atoms with Crippen LogP contribution in [0.3, 0.4) is 0 Å². The van der Waals surface area contributed by atoms with Gasteiger partial charge in [0, 0.05) is 5.56 Å². The number of carboxylic acid groups (broad SMARTS) is 3. The fourth-order valence-corrected chi connectivity index (χ4v) is 6.00. The number of amides is 5. The van der Waals surface area contributed by atoms with Crippen LogP contribution in [0, 0.1) is 5.92 Å². The second-order valence-electron chi connectivity index (χ2n) is 13.8. The number of hydrogen-bond acceptors (Lipinski definition) is 11. The van der Waals surface area contributed by atoms with Crippen molar-refractivity contribution in [1.82, 2.24) is 26.3 Å². The lowest BCUT2D eigenvalue weighted by atomic mass is 9.90. The maximum Gasteiger partial charge on any atom is 0.432 e. The number of nitrogens with zero attached hydrogens (tertiary/aromatic N) is 1. The van der Waals surface area contributed by atoms with Crippen molar-refractivity contribution in [3.05, 3.63) is 77.6 Å². The molecule has 0 fully saturated rings. The Labute approximate surface area is 339 Å². The molecule has 2 aromatic carbocycles. The zero-order chi connectivity index (χ0) is 43.7. The van der Waals surface area contributed by atoms with Crippen LogP contribution in [0.2, 0.25) is 0 Å². The highest BCUT2D eigenvalue weighted by Gasteiger charge is 2.35. The number of aliphatic carboxylic acids is 3. The molecule has 5 amide bonds. The van der Waals surface area contributed by atoms with Crippen molar-refractivity contribution in [2.24, 2.45) is 5.92 Å². The van der Waals surface area contributed by atoms with Crippen LogP contribution < -0.4 is 26.0 Å². The molecule has 0 saturated carbocycles. The number of rotatable bonds is 24. The molecule has 0 aliphatic heterocycles.